The zero-order valence-corrected chi connectivity index (χ0v) is 20.3. The van der Waals surface area contributed by atoms with Crippen LogP contribution < -0.4 is 5.32 Å². The molecule has 0 spiro atoms. The average Bonchev–Trinajstić information content (AvgIpc) is 3.07. The van der Waals surface area contributed by atoms with Crippen LogP contribution in [0.25, 0.3) is 17.2 Å². The van der Waals surface area contributed by atoms with E-state index in [0.29, 0.717) is 18.5 Å². The number of carbonyl (C=O) groups excluding carboxylic acids is 1. The summed E-state index contributed by atoms with van der Waals surface area (Å²) in [5, 5.41) is 21.9. The Morgan fingerprint density at radius 3 is 2.43 bits per heavy atom. The first kappa shape index (κ1) is 24.4. The number of phenolic OH excluding ortho intramolecular Hbond substituents is 2. The second-order valence-corrected chi connectivity index (χ2v) is 9.85. The smallest absolute Gasteiger partial charge is 0.224 e. The van der Waals surface area contributed by atoms with E-state index < -0.39 is 10.8 Å². The molecule has 7 heteroatoms. The lowest BCUT2D eigenvalue weighted by Crippen LogP contribution is -2.25. The molecule has 0 bridgehead atoms. The molecule has 4 rings (SSSR count). The van der Waals surface area contributed by atoms with Gasteiger partial charge in [-0.2, -0.15) is 0 Å². The predicted octanol–water partition coefficient (Wildman–Crippen LogP) is 5.05. The van der Waals surface area contributed by atoms with Crippen LogP contribution in [-0.2, 0) is 22.0 Å². The predicted molar refractivity (Wildman–Crippen MR) is 137 cm³/mol. The summed E-state index contributed by atoms with van der Waals surface area (Å²) >= 11 is 0. The highest BCUT2D eigenvalue weighted by Crippen LogP contribution is 2.43. The fourth-order valence-electron chi connectivity index (χ4n) is 4.20. The molecule has 3 aromatic carbocycles. The largest absolute Gasteiger partial charge is 0.504 e. The number of aromatic hydroxyl groups is 2. The van der Waals surface area contributed by atoms with Gasteiger partial charge in [-0.15, -0.1) is 0 Å². The molecule has 180 valence electrons. The van der Waals surface area contributed by atoms with Crippen LogP contribution in [0.5, 0.6) is 11.5 Å². The fourth-order valence-corrected chi connectivity index (χ4v) is 4.72. The van der Waals surface area contributed by atoms with Gasteiger partial charge in [-0.05, 0) is 94.8 Å². The van der Waals surface area contributed by atoms with Crippen LogP contribution in [0.4, 0.5) is 4.39 Å². The average molecular weight is 492 g/mol. The van der Waals surface area contributed by atoms with E-state index in [4.69, 9.17) is 0 Å². The summed E-state index contributed by atoms with van der Waals surface area (Å²) in [7, 11) is -1.06. The zero-order chi connectivity index (χ0) is 25.1. The van der Waals surface area contributed by atoms with Crippen molar-refractivity contribution in [3.63, 3.8) is 0 Å². The number of benzene rings is 3. The molecule has 0 aromatic heterocycles. The summed E-state index contributed by atoms with van der Waals surface area (Å²) in [5.41, 5.74) is 5.89. The second-order valence-electron chi connectivity index (χ2n) is 8.47. The number of phenols is 2. The first-order valence-corrected chi connectivity index (χ1v) is 12.7. The molecular formula is C28H26FNO4S. The minimum atomic E-state index is -1.06. The lowest BCUT2D eigenvalue weighted by molar-refractivity contribution is -0.120. The van der Waals surface area contributed by atoms with E-state index >= 15 is 0 Å². The van der Waals surface area contributed by atoms with Crippen molar-refractivity contribution in [2.45, 2.75) is 24.7 Å². The van der Waals surface area contributed by atoms with Gasteiger partial charge in [0, 0.05) is 28.5 Å². The molecule has 1 aliphatic carbocycles. The van der Waals surface area contributed by atoms with Crippen LogP contribution in [-0.4, -0.2) is 33.1 Å². The molecule has 0 unspecified atom stereocenters. The van der Waals surface area contributed by atoms with Crippen LogP contribution in [0, 0.1) is 5.82 Å². The van der Waals surface area contributed by atoms with Crippen molar-refractivity contribution in [1.82, 2.24) is 5.32 Å². The molecule has 0 radical (unpaired) electrons. The van der Waals surface area contributed by atoms with Gasteiger partial charge in [0.05, 0.1) is 6.42 Å². The van der Waals surface area contributed by atoms with Gasteiger partial charge in [0.25, 0.3) is 0 Å². The number of rotatable bonds is 7. The molecular weight excluding hydrogens is 465 g/mol. The molecule has 1 atom stereocenters. The summed E-state index contributed by atoms with van der Waals surface area (Å²) in [6, 6.07) is 16.6. The maximum Gasteiger partial charge on any atom is 0.224 e. The third-order valence-electron chi connectivity index (χ3n) is 6.09. The lowest BCUT2D eigenvalue weighted by Gasteiger charge is -2.09. The molecule has 0 fully saturated rings. The molecule has 1 amide bonds. The van der Waals surface area contributed by atoms with E-state index in [1.165, 1.54) is 24.3 Å². The van der Waals surface area contributed by atoms with Crippen LogP contribution in [0.2, 0.25) is 0 Å². The third-order valence-corrected chi connectivity index (χ3v) is 7.03. The van der Waals surface area contributed by atoms with E-state index in [2.05, 4.69) is 5.32 Å². The minimum absolute atomic E-state index is 0.105. The number of allylic oxidation sites excluding steroid dienone is 2. The molecule has 0 saturated heterocycles. The van der Waals surface area contributed by atoms with Crippen LogP contribution in [0.3, 0.4) is 0 Å². The summed E-state index contributed by atoms with van der Waals surface area (Å²) in [6.07, 6.45) is 4.23. The molecule has 3 N–H and O–H groups in total. The van der Waals surface area contributed by atoms with Crippen molar-refractivity contribution in [1.29, 1.82) is 0 Å². The molecule has 0 aliphatic heterocycles. The van der Waals surface area contributed by atoms with Gasteiger partial charge in [0.15, 0.2) is 11.5 Å². The SMILES string of the molecule is CC1=C(CC(=O)NCCc2ccc(O)c(O)c2)c2cc(F)ccc2/C1=C/c1ccc([S@](C)=O)cc1. The normalized spacial score (nSPS) is 14.8. The minimum Gasteiger partial charge on any atom is -0.504 e. The Morgan fingerprint density at radius 1 is 1.00 bits per heavy atom. The standard InChI is InChI=1S/C28H26FNO4S/c1-17-23(13-18-3-7-21(8-4-18)35(2)34)22-9-6-20(29)15-25(22)24(17)16-28(33)30-12-11-19-5-10-26(31)27(32)14-19/h3-10,13-15,31-32H,11-12,16H2,1-2H3,(H,30,33)/b23-13+/t35-/m0/s1. The number of amides is 1. The number of fused-ring (bicyclic) bond motifs is 1. The monoisotopic (exact) mass is 491 g/mol. The van der Waals surface area contributed by atoms with E-state index in [9.17, 15) is 23.6 Å². The first-order chi connectivity index (χ1) is 16.7. The quantitative estimate of drug-likeness (QED) is 0.404. The van der Waals surface area contributed by atoms with Gasteiger partial charge < -0.3 is 15.5 Å². The van der Waals surface area contributed by atoms with Crippen molar-refractivity contribution in [3.05, 3.63) is 94.3 Å². The Kier molecular flexibility index (Phi) is 7.17. The van der Waals surface area contributed by atoms with E-state index in [0.717, 1.165) is 38.3 Å². The Bertz CT molecular complexity index is 1380. The van der Waals surface area contributed by atoms with Gasteiger partial charge in [0.2, 0.25) is 5.91 Å². The van der Waals surface area contributed by atoms with E-state index in [1.807, 2.05) is 37.3 Å². The molecule has 1 aliphatic rings. The molecule has 0 heterocycles. The van der Waals surface area contributed by atoms with E-state index in [1.54, 1.807) is 18.4 Å². The number of carbonyl (C=O) groups is 1. The number of hydrogen-bond acceptors (Lipinski definition) is 4. The van der Waals surface area contributed by atoms with Gasteiger partial charge in [0.1, 0.15) is 5.82 Å². The first-order valence-electron chi connectivity index (χ1n) is 11.2. The van der Waals surface area contributed by atoms with Crippen molar-refractivity contribution in [2.24, 2.45) is 0 Å². The summed E-state index contributed by atoms with van der Waals surface area (Å²) in [4.78, 5) is 13.5. The molecule has 3 aromatic rings. The zero-order valence-electron chi connectivity index (χ0n) is 19.5. The van der Waals surface area contributed by atoms with Gasteiger partial charge in [-0.1, -0.05) is 24.3 Å². The molecule has 5 nitrogen and oxygen atoms in total. The maximum atomic E-state index is 14.1. The molecule has 35 heavy (non-hydrogen) atoms. The third kappa shape index (κ3) is 5.52. The maximum absolute atomic E-state index is 14.1. The fraction of sp³-hybridized carbons (Fsp3) is 0.179. The lowest BCUT2D eigenvalue weighted by atomic mass is 10.0. The van der Waals surface area contributed by atoms with Crippen molar-refractivity contribution in [2.75, 3.05) is 12.8 Å². The Morgan fingerprint density at radius 2 is 1.74 bits per heavy atom. The van der Waals surface area contributed by atoms with Gasteiger partial charge in [-0.25, -0.2) is 4.39 Å². The van der Waals surface area contributed by atoms with Crippen molar-refractivity contribution in [3.8, 4) is 11.5 Å². The van der Waals surface area contributed by atoms with Crippen LogP contribution in [0.15, 0.2) is 71.1 Å². The summed E-state index contributed by atoms with van der Waals surface area (Å²) < 4.78 is 25.8. The highest BCUT2D eigenvalue weighted by Gasteiger charge is 2.25. The van der Waals surface area contributed by atoms with Crippen molar-refractivity contribution < 1.29 is 23.6 Å². The Hall–Kier alpha value is -3.71. The number of hydrogen-bond donors (Lipinski definition) is 3. The molecule has 0 saturated carbocycles. The topological polar surface area (TPSA) is 86.6 Å². The second kappa shape index (κ2) is 10.3. The van der Waals surface area contributed by atoms with Gasteiger partial charge >= 0.3 is 0 Å². The summed E-state index contributed by atoms with van der Waals surface area (Å²) in [5.74, 6) is -0.935. The summed E-state index contributed by atoms with van der Waals surface area (Å²) in [6.45, 7) is 2.29. The van der Waals surface area contributed by atoms with Crippen LogP contribution in [0.1, 0.15) is 35.6 Å². The number of nitrogens with one attached hydrogen (secondary N) is 1. The highest BCUT2D eigenvalue weighted by atomic mass is 32.2. The van der Waals surface area contributed by atoms with E-state index in [-0.39, 0.29) is 29.6 Å². The van der Waals surface area contributed by atoms with Crippen LogP contribution >= 0.6 is 0 Å². The highest BCUT2D eigenvalue weighted by molar-refractivity contribution is 7.84. The van der Waals surface area contributed by atoms with Gasteiger partial charge in [-0.3, -0.25) is 9.00 Å². The Balaban J connectivity index is 1.53. The number of halogens is 1. The Labute approximate surface area is 206 Å². The van der Waals surface area contributed by atoms with Crippen molar-refractivity contribution >= 4 is 33.9 Å².